The molecule has 2 heteroatoms. The van der Waals surface area contributed by atoms with Gasteiger partial charge in [-0.2, -0.15) is 0 Å². The molecule has 0 aliphatic heterocycles. The molecule has 0 saturated heterocycles. The third kappa shape index (κ3) is 3.60. The molecule has 2 atom stereocenters. The van der Waals surface area contributed by atoms with E-state index in [9.17, 15) is 0 Å². The zero-order chi connectivity index (χ0) is 15.5. The van der Waals surface area contributed by atoms with Crippen LogP contribution in [0.5, 0.6) is 5.75 Å². The van der Waals surface area contributed by atoms with Crippen molar-refractivity contribution in [2.24, 2.45) is 11.3 Å². The minimum Gasteiger partial charge on any atom is -0.494 e. The SMILES string of the molecule is CCNC(c1cc(C)ccc1OCC)C1CCCC1(C)C. The highest BCUT2D eigenvalue weighted by atomic mass is 16.5. The molecule has 1 N–H and O–H groups in total. The Morgan fingerprint density at radius 3 is 2.67 bits per heavy atom. The molecule has 1 aromatic rings. The topological polar surface area (TPSA) is 21.3 Å². The van der Waals surface area contributed by atoms with Crippen LogP contribution in [0.4, 0.5) is 0 Å². The third-order valence-corrected chi connectivity index (χ3v) is 4.97. The number of benzene rings is 1. The van der Waals surface area contributed by atoms with Crippen LogP contribution < -0.4 is 10.1 Å². The molecule has 0 radical (unpaired) electrons. The minimum atomic E-state index is 0.397. The summed E-state index contributed by atoms with van der Waals surface area (Å²) in [5.41, 5.74) is 3.06. The van der Waals surface area contributed by atoms with Gasteiger partial charge in [0.05, 0.1) is 6.61 Å². The van der Waals surface area contributed by atoms with E-state index in [-0.39, 0.29) is 0 Å². The summed E-state index contributed by atoms with van der Waals surface area (Å²) in [6.45, 7) is 13.0. The molecule has 0 aromatic heterocycles. The average molecular weight is 289 g/mol. The minimum absolute atomic E-state index is 0.397. The molecule has 0 heterocycles. The van der Waals surface area contributed by atoms with Crippen molar-refractivity contribution in [2.45, 2.75) is 59.9 Å². The Kier molecular flexibility index (Phi) is 5.32. The van der Waals surface area contributed by atoms with Crippen LogP contribution in [0.25, 0.3) is 0 Å². The lowest BCUT2D eigenvalue weighted by atomic mass is 9.75. The van der Waals surface area contributed by atoms with Gasteiger partial charge in [0.2, 0.25) is 0 Å². The number of hydrogen-bond donors (Lipinski definition) is 1. The molecule has 0 spiro atoms. The number of aryl methyl sites for hydroxylation is 1. The number of ether oxygens (including phenoxy) is 1. The second-order valence-electron chi connectivity index (χ2n) is 7.00. The van der Waals surface area contributed by atoms with Crippen LogP contribution in [0.15, 0.2) is 18.2 Å². The lowest BCUT2D eigenvalue weighted by Gasteiger charge is -2.36. The van der Waals surface area contributed by atoms with Gasteiger partial charge < -0.3 is 10.1 Å². The summed E-state index contributed by atoms with van der Waals surface area (Å²) in [4.78, 5) is 0. The van der Waals surface area contributed by atoms with Crippen molar-refractivity contribution in [3.8, 4) is 5.75 Å². The summed E-state index contributed by atoms with van der Waals surface area (Å²) < 4.78 is 5.91. The Bertz CT molecular complexity index is 467. The fourth-order valence-corrected chi connectivity index (χ4v) is 3.86. The monoisotopic (exact) mass is 289 g/mol. The van der Waals surface area contributed by atoms with E-state index in [2.05, 4.69) is 58.1 Å². The highest BCUT2D eigenvalue weighted by Gasteiger charge is 2.40. The maximum atomic E-state index is 5.91. The van der Waals surface area contributed by atoms with E-state index in [1.807, 2.05) is 0 Å². The molecule has 21 heavy (non-hydrogen) atoms. The second kappa shape index (κ2) is 6.83. The molecule has 1 aliphatic rings. The van der Waals surface area contributed by atoms with Gasteiger partial charge in [0.1, 0.15) is 5.75 Å². The van der Waals surface area contributed by atoms with E-state index in [1.165, 1.54) is 30.4 Å². The van der Waals surface area contributed by atoms with Crippen LogP contribution in [0.3, 0.4) is 0 Å². The van der Waals surface area contributed by atoms with Crippen LogP contribution in [0.1, 0.15) is 64.1 Å². The lowest BCUT2D eigenvalue weighted by molar-refractivity contribution is 0.195. The van der Waals surface area contributed by atoms with Crippen molar-refractivity contribution in [3.63, 3.8) is 0 Å². The summed E-state index contributed by atoms with van der Waals surface area (Å²) >= 11 is 0. The highest BCUT2D eigenvalue weighted by molar-refractivity contribution is 5.40. The predicted octanol–water partition coefficient (Wildman–Crippen LogP) is 4.87. The lowest BCUT2D eigenvalue weighted by Crippen LogP contribution is -2.34. The highest BCUT2D eigenvalue weighted by Crippen LogP contribution is 2.50. The van der Waals surface area contributed by atoms with Crippen LogP contribution >= 0.6 is 0 Å². The van der Waals surface area contributed by atoms with Gasteiger partial charge in [0.15, 0.2) is 0 Å². The van der Waals surface area contributed by atoms with Crippen molar-refractivity contribution in [1.29, 1.82) is 0 Å². The molecule has 1 fully saturated rings. The standard InChI is InChI=1S/C19H31NO/c1-6-20-18(16-9-8-12-19(16,4)5)15-13-14(3)10-11-17(15)21-7-2/h10-11,13,16,18,20H,6-9,12H2,1-5H3. The van der Waals surface area contributed by atoms with Crippen LogP contribution in [-0.4, -0.2) is 13.2 Å². The molecular formula is C19H31NO. The predicted molar refractivity (Wildman–Crippen MR) is 89.9 cm³/mol. The van der Waals surface area contributed by atoms with E-state index < -0.39 is 0 Å². The smallest absolute Gasteiger partial charge is 0.124 e. The molecule has 0 bridgehead atoms. The summed E-state index contributed by atoms with van der Waals surface area (Å²) in [6, 6.07) is 7.00. The third-order valence-electron chi connectivity index (χ3n) is 4.97. The van der Waals surface area contributed by atoms with Gasteiger partial charge in [0.25, 0.3) is 0 Å². The van der Waals surface area contributed by atoms with Gasteiger partial charge in [-0.1, -0.05) is 44.9 Å². The summed E-state index contributed by atoms with van der Waals surface area (Å²) in [6.07, 6.45) is 3.98. The molecule has 1 saturated carbocycles. The second-order valence-corrected chi connectivity index (χ2v) is 7.00. The van der Waals surface area contributed by atoms with Gasteiger partial charge in [-0.25, -0.2) is 0 Å². The van der Waals surface area contributed by atoms with E-state index in [0.717, 1.165) is 18.9 Å². The number of rotatable bonds is 6. The first-order valence-corrected chi connectivity index (χ1v) is 8.46. The Labute approximate surface area is 130 Å². The van der Waals surface area contributed by atoms with Gasteiger partial charge in [-0.3, -0.25) is 0 Å². The molecule has 1 aromatic carbocycles. The van der Waals surface area contributed by atoms with Gasteiger partial charge in [-0.15, -0.1) is 0 Å². The molecule has 0 amide bonds. The fourth-order valence-electron chi connectivity index (χ4n) is 3.86. The normalized spacial score (nSPS) is 22.2. The summed E-state index contributed by atoms with van der Waals surface area (Å²) in [7, 11) is 0. The first-order chi connectivity index (χ1) is 9.99. The van der Waals surface area contributed by atoms with Gasteiger partial charge in [0, 0.05) is 11.6 Å². The molecule has 1 aliphatic carbocycles. The van der Waals surface area contributed by atoms with E-state index in [4.69, 9.17) is 4.74 Å². The Morgan fingerprint density at radius 2 is 2.10 bits per heavy atom. The van der Waals surface area contributed by atoms with Crippen molar-refractivity contribution in [3.05, 3.63) is 29.3 Å². The van der Waals surface area contributed by atoms with Crippen LogP contribution in [0, 0.1) is 18.3 Å². The largest absolute Gasteiger partial charge is 0.494 e. The van der Waals surface area contributed by atoms with Gasteiger partial charge >= 0.3 is 0 Å². The van der Waals surface area contributed by atoms with Crippen molar-refractivity contribution in [2.75, 3.05) is 13.2 Å². The zero-order valence-corrected chi connectivity index (χ0v) is 14.3. The van der Waals surface area contributed by atoms with Crippen LogP contribution in [-0.2, 0) is 0 Å². The molecule has 2 unspecified atom stereocenters. The Morgan fingerprint density at radius 1 is 1.33 bits per heavy atom. The zero-order valence-electron chi connectivity index (χ0n) is 14.3. The maximum Gasteiger partial charge on any atom is 0.124 e. The number of hydrogen-bond acceptors (Lipinski definition) is 2. The van der Waals surface area contributed by atoms with E-state index >= 15 is 0 Å². The van der Waals surface area contributed by atoms with Crippen molar-refractivity contribution >= 4 is 0 Å². The summed E-state index contributed by atoms with van der Waals surface area (Å²) in [5.74, 6) is 1.73. The first-order valence-electron chi connectivity index (χ1n) is 8.46. The summed E-state index contributed by atoms with van der Waals surface area (Å²) in [5, 5.41) is 3.74. The van der Waals surface area contributed by atoms with Crippen molar-refractivity contribution < 1.29 is 4.74 Å². The molecule has 118 valence electrons. The van der Waals surface area contributed by atoms with Crippen LogP contribution in [0.2, 0.25) is 0 Å². The van der Waals surface area contributed by atoms with Crippen molar-refractivity contribution in [1.82, 2.24) is 5.32 Å². The molecule has 2 rings (SSSR count). The maximum absolute atomic E-state index is 5.91. The fraction of sp³-hybridized carbons (Fsp3) is 0.684. The van der Waals surface area contributed by atoms with E-state index in [1.54, 1.807) is 0 Å². The van der Waals surface area contributed by atoms with E-state index in [0.29, 0.717) is 17.4 Å². The average Bonchev–Trinajstić information content (AvgIpc) is 2.78. The quantitative estimate of drug-likeness (QED) is 0.806. The molecular weight excluding hydrogens is 258 g/mol. The Hall–Kier alpha value is -1.02. The number of nitrogens with one attached hydrogen (secondary N) is 1. The Balaban J connectivity index is 2.40. The first kappa shape index (κ1) is 16.4. The van der Waals surface area contributed by atoms with Gasteiger partial charge in [-0.05, 0) is 50.6 Å². The molecule has 2 nitrogen and oxygen atoms in total.